The SMILES string of the molecule is CC/C=C\C/C=C\C/C=C\C/C=C\C/C=C\C/C=C\C/C=C\CCCCCCCCCCCCCCCCCCCCCC(=O)OC(COC(=O)CCCCCCCCCC/C=C\C/C=C\C/C=C\CCCCCCC)COP(=O)([O-])OCC[N+](C)(C)C. The largest absolute Gasteiger partial charge is 0.756 e. The lowest BCUT2D eigenvalue weighted by Gasteiger charge is -2.28. The molecule has 0 rings (SSSR count). The van der Waals surface area contributed by atoms with Crippen molar-refractivity contribution >= 4 is 19.8 Å². The van der Waals surface area contributed by atoms with Crippen LogP contribution in [0.15, 0.2) is 122 Å². The molecule has 0 saturated heterocycles. The van der Waals surface area contributed by atoms with E-state index in [4.69, 9.17) is 18.5 Å². The molecule has 0 radical (unpaired) electrons. The molecule has 0 aliphatic rings. The van der Waals surface area contributed by atoms with Crippen LogP contribution in [0.5, 0.6) is 0 Å². The molecule has 0 bridgehead atoms. The molecule has 0 aromatic rings. The minimum Gasteiger partial charge on any atom is -0.756 e. The second-order valence-electron chi connectivity index (χ2n) is 25.2. The van der Waals surface area contributed by atoms with Crippen LogP contribution in [0.3, 0.4) is 0 Å². The molecule has 2 unspecified atom stereocenters. The van der Waals surface area contributed by atoms with Crippen molar-refractivity contribution in [2.75, 3.05) is 47.5 Å². The molecular formula is C78H136NO8P. The van der Waals surface area contributed by atoms with Gasteiger partial charge < -0.3 is 27.9 Å². The van der Waals surface area contributed by atoms with E-state index in [0.29, 0.717) is 17.4 Å². The van der Waals surface area contributed by atoms with Crippen molar-refractivity contribution in [2.45, 2.75) is 315 Å². The van der Waals surface area contributed by atoms with E-state index < -0.39 is 26.5 Å². The minimum absolute atomic E-state index is 0.0352. The Morgan fingerprint density at radius 3 is 0.966 bits per heavy atom. The first-order valence-electron chi connectivity index (χ1n) is 36.2. The van der Waals surface area contributed by atoms with Crippen molar-refractivity contribution in [3.05, 3.63) is 122 Å². The van der Waals surface area contributed by atoms with Crippen molar-refractivity contribution in [3.63, 3.8) is 0 Å². The number of nitrogens with zero attached hydrogens (tertiary/aromatic N) is 1. The molecule has 0 aromatic heterocycles. The number of rotatable bonds is 66. The Bertz CT molecular complexity index is 1900. The number of carbonyl (C=O) groups is 2. The Hall–Kier alpha value is -3.59. The summed E-state index contributed by atoms with van der Waals surface area (Å²) in [5.41, 5.74) is 0. The predicted octanol–water partition coefficient (Wildman–Crippen LogP) is 23.2. The molecule has 0 aliphatic heterocycles. The van der Waals surface area contributed by atoms with Gasteiger partial charge in [0.05, 0.1) is 27.7 Å². The van der Waals surface area contributed by atoms with Gasteiger partial charge in [0.15, 0.2) is 6.10 Å². The third-order valence-electron chi connectivity index (χ3n) is 15.5. The molecule has 0 aliphatic carbocycles. The maximum atomic E-state index is 12.9. The number of likely N-dealkylation sites (N-methyl/N-ethyl adjacent to an activating group) is 1. The quantitative estimate of drug-likeness (QED) is 0.0195. The van der Waals surface area contributed by atoms with Gasteiger partial charge in [0, 0.05) is 12.8 Å². The predicted molar refractivity (Wildman–Crippen MR) is 378 cm³/mol. The number of phosphoric ester groups is 1. The maximum Gasteiger partial charge on any atom is 0.306 e. The summed E-state index contributed by atoms with van der Waals surface area (Å²) in [6.07, 6.45) is 97.1. The summed E-state index contributed by atoms with van der Waals surface area (Å²) in [5.74, 6) is -0.835. The van der Waals surface area contributed by atoms with Crippen molar-refractivity contribution in [2.24, 2.45) is 0 Å². The molecule has 0 heterocycles. The van der Waals surface area contributed by atoms with Crippen LogP contribution in [0.25, 0.3) is 0 Å². The second-order valence-corrected chi connectivity index (χ2v) is 26.6. The third-order valence-corrected chi connectivity index (χ3v) is 16.4. The molecule has 0 fully saturated rings. The zero-order chi connectivity index (χ0) is 64.1. The molecular weight excluding hydrogens is 1110 g/mol. The van der Waals surface area contributed by atoms with E-state index in [9.17, 15) is 19.0 Å². The normalized spacial score (nSPS) is 13.8. The van der Waals surface area contributed by atoms with E-state index in [1.165, 1.54) is 167 Å². The monoisotopic (exact) mass is 1250 g/mol. The lowest BCUT2D eigenvalue weighted by Crippen LogP contribution is -2.37. The first-order chi connectivity index (χ1) is 43.0. The number of ether oxygens (including phenoxy) is 2. The molecule has 506 valence electrons. The van der Waals surface area contributed by atoms with Crippen molar-refractivity contribution < 1.29 is 42.1 Å². The number of quaternary nitrogens is 1. The van der Waals surface area contributed by atoms with Gasteiger partial charge in [-0.05, 0) is 109 Å². The average Bonchev–Trinajstić information content (AvgIpc) is 3.58. The fourth-order valence-corrected chi connectivity index (χ4v) is 10.7. The zero-order valence-corrected chi connectivity index (χ0v) is 58.5. The second kappa shape index (κ2) is 67.8. The number of unbranched alkanes of at least 4 members (excludes halogenated alkanes) is 32. The Kier molecular flexibility index (Phi) is 65.0. The average molecular weight is 1250 g/mol. The number of hydrogen-bond donors (Lipinski definition) is 0. The molecule has 0 N–H and O–H groups in total. The Morgan fingerprint density at radius 2 is 0.648 bits per heavy atom. The van der Waals surface area contributed by atoms with Crippen LogP contribution in [0.2, 0.25) is 0 Å². The molecule has 10 heteroatoms. The molecule has 0 aromatic carbocycles. The van der Waals surface area contributed by atoms with Crippen molar-refractivity contribution in [1.82, 2.24) is 0 Å². The van der Waals surface area contributed by atoms with E-state index in [-0.39, 0.29) is 32.0 Å². The van der Waals surface area contributed by atoms with E-state index in [1.807, 2.05) is 21.1 Å². The van der Waals surface area contributed by atoms with Gasteiger partial charge >= 0.3 is 11.9 Å². The highest BCUT2D eigenvalue weighted by molar-refractivity contribution is 7.45. The Labute approximate surface area is 543 Å². The molecule has 9 nitrogen and oxygen atoms in total. The number of hydrogen-bond acceptors (Lipinski definition) is 8. The van der Waals surface area contributed by atoms with Gasteiger partial charge in [-0.2, -0.15) is 0 Å². The highest BCUT2D eigenvalue weighted by Gasteiger charge is 2.22. The van der Waals surface area contributed by atoms with Crippen LogP contribution in [-0.2, 0) is 32.7 Å². The van der Waals surface area contributed by atoms with Gasteiger partial charge in [0.1, 0.15) is 19.8 Å². The van der Waals surface area contributed by atoms with Gasteiger partial charge in [0.25, 0.3) is 7.82 Å². The summed E-state index contributed by atoms with van der Waals surface area (Å²) in [5, 5.41) is 0. The molecule has 0 saturated carbocycles. The van der Waals surface area contributed by atoms with Crippen molar-refractivity contribution in [1.29, 1.82) is 0 Å². The smallest absolute Gasteiger partial charge is 0.306 e. The highest BCUT2D eigenvalue weighted by atomic mass is 31.2. The van der Waals surface area contributed by atoms with Crippen LogP contribution in [0.4, 0.5) is 0 Å². The standard InChI is InChI=1S/C78H136NO8P/c1-6-8-10-12-14-16-18-20-22-24-26-28-30-31-32-33-34-35-36-37-38-39-40-41-42-43-44-45-46-47-49-51-53-55-57-59-61-63-65-67-69-71-78(81)87-76(75-86-88(82,83)85-73-72-79(3,4)5)74-84-77(80)70-68-66-64-62-60-58-56-54-52-50-48-29-27-25-23-21-19-17-15-13-11-9-7-2/h8,10,14,16,19-22,25-28,31-32,34-35,37-38,48,50,76H,6-7,9,11-13,15,17-18,23-24,29-30,33,36,39-47,49,51-75H2,1-5H3/b10-8-,16-14-,21-19-,22-20-,27-25-,28-26-,32-31-,35-34-,38-37-,50-48-. The van der Waals surface area contributed by atoms with Crippen LogP contribution in [0, 0.1) is 0 Å². The summed E-state index contributed by atoms with van der Waals surface area (Å²) in [4.78, 5) is 38.1. The number of carbonyl (C=O) groups excluding carboxylic acids is 2. The summed E-state index contributed by atoms with van der Waals surface area (Å²) in [6, 6.07) is 0. The molecule has 0 spiro atoms. The maximum absolute atomic E-state index is 12.9. The fraction of sp³-hybridized carbons (Fsp3) is 0.718. The Morgan fingerprint density at radius 1 is 0.364 bits per heavy atom. The molecule has 88 heavy (non-hydrogen) atoms. The van der Waals surface area contributed by atoms with Crippen LogP contribution < -0.4 is 4.89 Å². The summed E-state index contributed by atoms with van der Waals surface area (Å²) >= 11 is 0. The first-order valence-corrected chi connectivity index (χ1v) is 37.7. The van der Waals surface area contributed by atoms with Gasteiger partial charge in [-0.3, -0.25) is 14.2 Å². The lowest BCUT2D eigenvalue weighted by atomic mass is 10.0. The van der Waals surface area contributed by atoms with Crippen LogP contribution in [0.1, 0.15) is 309 Å². The minimum atomic E-state index is -4.65. The fourth-order valence-electron chi connectivity index (χ4n) is 9.94. The highest BCUT2D eigenvalue weighted by Crippen LogP contribution is 2.38. The van der Waals surface area contributed by atoms with Gasteiger partial charge in [-0.1, -0.05) is 309 Å². The lowest BCUT2D eigenvalue weighted by molar-refractivity contribution is -0.870. The van der Waals surface area contributed by atoms with Gasteiger partial charge in [0.2, 0.25) is 0 Å². The van der Waals surface area contributed by atoms with Gasteiger partial charge in [-0.25, -0.2) is 0 Å². The zero-order valence-electron chi connectivity index (χ0n) is 57.6. The number of esters is 2. The summed E-state index contributed by atoms with van der Waals surface area (Å²) in [7, 11) is 1.16. The number of phosphoric acid groups is 1. The number of allylic oxidation sites excluding steroid dienone is 20. The van der Waals surface area contributed by atoms with Crippen LogP contribution >= 0.6 is 7.82 Å². The summed E-state index contributed by atoms with van der Waals surface area (Å²) < 4.78 is 34.3. The van der Waals surface area contributed by atoms with E-state index in [1.54, 1.807) is 0 Å². The molecule has 0 amide bonds. The van der Waals surface area contributed by atoms with Crippen LogP contribution in [-0.4, -0.2) is 70.0 Å². The third kappa shape index (κ3) is 71.5. The summed E-state index contributed by atoms with van der Waals surface area (Å²) in [6.45, 7) is 4.13. The Balaban J connectivity index is 4.00. The van der Waals surface area contributed by atoms with Gasteiger partial charge in [-0.15, -0.1) is 0 Å². The topological polar surface area (TPSA) is 111 Å². The van der Waals surface area contributed by atoms with E-state index >= 15 is 0 Å². The van der Waals surface area contributed by atoms with E-state index in [0.717, 1.165) is 109 Å². The van der Waals surface area contributed by atoms with E-state index in [2.05, 4.69) is 135 Å². The first kappa shape index (κ1) is 84.4. The molecule has 2 atom stereocenters. The van der Waals surface area contributed by atoms with Crippen molar-refractivity contribution in [3.8, 4) is 0 Å².